The number of rotatable bonds is 7. The van der Waals surface area contributed by atoms with E-state index in [1.165, 1.54) is 18.2 Å². The first-order chi connectivity index (χ1) is 13.1. The second-order valence-corrected chi connectivity index (χ2v) is 7.13. The minimum Gasteiger partial charge on any atom is -0.445 e. The normalized spacial score (nSPS) is 12.9. The third kappa shape index (κ3) is 4.86. The predicted molar refractivity (Wildman–Crippen MR) is 102 cm³/mol. The number of alkyl halides is 4. The lowest BCUT2D eigenvalue weighted by molar-refractivity contribution is -0.198. The molecule has 0 aliphatic carbocycles. The zero-order valence-electron chi connectivity index (χ0n) is 14.3. The fourth-order valence-electron chi connectivity index (χ4n) is 2.32. The fourth-order valence-corrected chi connectivity index (χ4v) is 2.83. The Morgan fingerprint density at radius 3 is 2.25 bits per heavy atom. The number of ether oxygens (including phenoxy) is 1. The number of carbonyl (C=O) groups is 1. The van der Waals surface area contributed by atoms with E-state index in [2.05, 4.69) is 22.5 Å². The van der Waals surface area contributed by atoms with Crippen LogP contribution in [0.5, 0.6) is 0 Å². The Morgan fingerprint density at radius 2 is 1.68 bits per heavy atom. The zero-order valence-corrected chi connectivity index (χ0v) is 16.6. The summed E-state index contributed by atoms with van der Waals surface area (Å²) in [5, 5.41) is 1.59. The van der Waals surface area contributed by atoms with Crippen LogP contribution in [0.1, 0.15) is 17.2 Å². The Labute approximate surface area is 172 Å². The van der Waals surface area contributed by atoms with Gasteiger partial charge in [0.1, 0.15) is 12.6 Å². The number of carbonyl (C=O) groups excluding carboxylic acids is 1. The summed E-state index contributed by atoms with van der Waals surface area (Å²) < 4.78 is 61.4. The molecule has 2 aromatic carbocycles. The Kier molecular flexibility index (Phi) is 7.11. The van der Waals surface area contributed by atoms with Gasteiger partial charge in [-0.25, -0.2) is 4.79 Å². The van der Waals surface area contributed by atoms with Gasteiger partial charge in [-0.05, 0) is 33.1 Å². The average molecular weight is 481 g/mol. The van der Waals surface area contributed by atoms with Crippen LogP contribution < -0.4 is 5.32 Å². The van der Waals surface area contributed by atoms with Gasteiger partial charge in [-0.2, -0.15) is 17.6 Å². The van der Waals surface area contributed by atoms with Crippen molar-refractivity contribution in [2.24, 2.45) is 0 Å². The van der Waals surface area contributed by atoms with Crippen LogP contribution >= 0.6 is 27.5 Å². The van der Waals surface area contributed by atoms with Crippen LogP contribution in [0.4, 0.5) is 22.4 Å². The predicted octanol–water partition coefficient (Wildman–Crippen LogP) is 6.49. The van der Waals surface area contributed by atoms with Crippen molar-refractivity contribution >= 4 is 33.6 Å². The van der Waals surface area contributed by atoms with Gasteiger partial charge in [-0.15, -0.1) is 0 Å². The second kappa shape index (κ2) is 8.96. The lowest BCUT2D eigenvalue weighted by Crippen LogP contribution is -2.51. The minimum absolute atomic E-state index is 0.216. The molecule has 28 heavy (non-hydrogen) atoms. The lowest BCUT2D eigenvalue weighted by atomic mass is 9.95. The summed E-state index contributed by atoms with van der Waals surface area (Å²) >= 11 is 8.22. The second-order valence-electron chi connectivity index (χ2n) is 5.76. The highest BCUT2D eigenvalue weighted by Gasteiger charge is 2.63. The van der Waals surface area contributed by atoms with Crippen molar-refractivity contribution in [1.82, 2.24) is 5.32 Å². The molecule has 0 saturated heterocycles. The van der Waals surface area contributed by atoms with Gasteiger partial charge in [0.15, 0.2) is 0 Å². The lowest BCUT2D eigenvalue weighted by Gasteiger charge is -2.33. The Balaban J connectivity index is 2.30. The highest BCUT2D eigenvalue weighted by molar-refractivity contribution is 9.11. The number of benzene rings is 2. The number of halogens is 6. The molecule has 0 radical (unpaired) electrons. The SMILES string of the molecule is C=C(Br)C(F)(F)C(F)(F)C(NC(=O)OCc1ccccc1)c1ccccc1Cl. The molecule has 1 amide bonds. The molecule has 1 atom stereocenters. The molecular weight excluding hydrogens is 466 g/mol. The molecule has 0 spiro atoms. The Bertz CT molecular complexity index is 849. The number of allylic oxidation sites excluding steroid dienone is 1. The largest absolute Gasteiger partial charge is 0.445 e. The van der Waals surface area contributed by atoms with Gasteiger partial charge >= 0.3 is 17.9 Å². The first-order valence-electron chi connectivity index (χ1n) is 7.89. The van der Waals surface area contributed by atoms with Gasteiger partial charge in [0, 0.05) is 5.02 Å². The average Bonchev–Trinajstić information content (AvgIpc) is 2.65. The molecule has 1 unspecified atom stereocenters. The molecule has 150 valence electrons. The maximum Gasteiger partial charge on any atom is 0.408 e. The maximum absolute atomic E-state index is 14.7. The van der Waals surface area contributed by atoms with Crippen LogP contribution in [0.25, 0.3) is 0 Å². The third-order valence-corrected chi connectivity index (χ3v) is 4.66. The van der Waals surface area contributed by atoms with Gasteiger partial charge in [0.25, 0.3) is 0 Å². The fraction of sp³-hybridized carbons (Fsp3) is 0.211. The van der Waals surface area contributed by atoms with Crippen LogP contribution in [0.2, 0.25) is 5.02 Å². The Morgan fingerprint density at radius 1 is 1.11 bits per heavy atom. The zero-order chi connectivity index (χ0) is 20.9. The third-order valence-electron chi connectivity index (χ3n) is 3.81. The van der Waals surface area contributed by atoms with E-state index in [4.69, 9.17) is 16.3 Å². The van der Waals surface area contributed by atoms with E-state index in [1.807, 2.05) is 5.32 Å². The summed E-state index contributed by atoms with van der Waals surface area (Å²) in [7, 11) is 0. The van der Waals surface area contributed by atoms with Gasteiger partial charge < -0.3 is 10.1 Å². The van der Waals surface area contributed by atoms with Gasteiger partial charge in [0.2, 0.25) is 0 Å². The van der Waals surface area contributed by atoms with E-state index in [-0.39, 0.29) is 17.2 Å². The molecule has 1 N–H and O–H groups in total. The maximum atomic E-state index is 14.7. The van der Waals surface area contributed by atoms with Crippen molar-refractivity contribution in [3.8, 4) is 0 Å². The number of amides is 1. The van der Waals surface area contributed by atoms with Crippen LogP contribution in [0.3, 0.4) is 0 Å². The van der Waals surface area contributed by atoms with E-state index < -0.39 is 28.5 Å². The van der Waals surface area contributed by atoms with Gasteiger partial charge in [0.05, 0.1) is 4.48 Å². The minimum atomic E-state index is -4.76. The van der Waals surface area contributed by atoms with E-state index in [9.17, 15) is 22.4 Å². The smallest absolute Gasteiger partial charge is 0.408 e. The quantitative estimate of drug-likeness (QED) is 0.460. The van der Waals surface area contributed by atoms with Gasteiger partial charge in [-0.1, -0.05) is 66.7 Å². The Hall–Kier alpha value is -2.06. The summed E-state index contributed by atoms with van der Waals surface area (Å²) in [5.74, 6) is -9.44. The first-order valence-corrected chi connectivity index (χ1v) is 9.06. The van der Waals surface area contributed by atoms with E-state index >= 15 is 0 Å². The number of hydrogen-bond acceptors (Lipinski definition) is 2. The molecule has 0 saturated carbocycles. The number of hydrogen-bond donors (Lipinski definition) is 1. The molecule has 2 rings (SSSR count). The van der Waals surface area contributed by atoms with Crippen molar-refractivity contribution in [3.63, 3.8) is 0 Å². The summed E-state index contributed by atoms with van der Waals surface area (Å²) in [5.41, 5.74) is 0.206. The van der Waals surface area contributed by atoms with Crippen LogP contribution in [-0.4, -0.2) is 17.9 Å². The molecule has 9 heteroatoms. The van der Waals surface area contributed by atoms with E-state index in [1.54, 1.807) is 30.3 Å². The van der Waals surface area contributed by atoms with Crippen LogP contribution in [0, 0.1) is 0 Å². The molecule has 0 fully saturated rings. The molecule has 0 aromatic heterocycles. The summed E-state index contributed by atoms with van der Waals surface area (Å²) in [4.78, 5) is 12.1. The highest BCUT2D eigenvalue weighted by atomic mass is 79.9. The van der Waals surface area contributed by atoms with Crippen molar-refractivity contribution in [3.05, 3.63) is 81.8 Å². The van der Waals surface area contributed by atoms with Crippen molar-refractivity contribution in [1.29, 1.82) is 0 Å². The number of alkyl carbamates (subject to hydrolysis) is 1. The summed E-state index contributed by atoms with van der Waals surface area (Å²) in [6.45, 7) is 2.63. The molecule has 3 nitrogen and oxygen atoms in total. The molecule has 0 aliphatic rings. The van der Waals surface area contributed by atoms with Crippen molar-refractivity contribution in [2.45, 2.75) is 24.5 Å². The van der Waals surface area contributed by atoms with Crippen LogP contribution in [-0.2, 0) is 11.3 Å². The molecule has 2 aromatic rings. The topological polar surface area (TPSA) is 38.3 Å². The number of nitrogens with one attached hydrogen (secondary N) is 1. The van der Waals surface area contributed by atoms with Crippen molar-refractivity contribution < 1.29 is 27.1 Å². The highest BCUT2D eigenvalue weighted by Crippen LogP contribution is 2.49. The first kappa shape index (κ1) is 22.2. The molecule has 0 bridgehead atoms. The van der Waals surface area contributed by atoms with E-state index in [0.717, 1.165) is 6.07 Å². The molecule has 0 heterocycles. The molecular formula is C19H15BrClF4NO2. The van der Waals surface area contributed by atoms with Gasteiger partial charge in [-0.3, -0.25) is 0 Å². The summed E-state index contributed by atoms with van der Waals surface area (Å²) in [6.07, 6.45) is -1.30. The van der Waals surface area contributed by atoms with Crippen LogP contribution in [0.15, 0.2) is 65.7 Å². The van der Waals surface area contributed by atoms with E-state index in [0.29, 0.717) is 5.56 Å². The van der Waals surface area contributed by atoms with Crippen molar-refractivity contribution in [2.75, 3.05) is 0 Å². The monoisotopic (exact) mass is 479 g/mol. The molecule has 0 aliphatic heterocycles. The summed E-state index contributed by atoms with van der Waals surface area (Å²) in [6, 6.07) is 11.1. The standard InChI is InChI=1S/C19H15BrClF4NO2/c1-12(20)18(22,23)19(24,25)16(14-9-5-6-10-15(14)21)26-17(27)28-11-13-7-3-2-4-8-13/h2-10,16H,1,11H2,(H,26,27).